The summed E-state index contributed by atoms with van der Waals surface area (Å²) in [6.45, 7) is 12.9. The van der Waals surface area contributed by atoms with Crippen LogP contribution in [-0.2, 0) is 9.47 Å². The molecule has 1 aliphatic heterocycles. The Bertz CT molecular complexity index is 900. The van der Waals surface area contributed by atoms with Crippen LogP contribution in [0.15, 0.2) is 0 Å². The van der Waals surface area contributed by atoms with Gasteiger partial charge in [-0.15, -0.1) is 0 Å². The summed E-state index contributed by atoms with van der Waals surface area (Å²) in [5.41, 5.74) is -0.285. The van der Waals surface area contributed by atoms with Gasteiger partial charge in [0.2, 0.25) is 0 Å². The van der Waals surface area contributed by atoms with Crippen molar-refractivity contribution in [1.29, 1.82) is 0 Å². The third-order valence-corrected chi connectivity index (χ3v) is 13.1. The molecule has 0 spiro atoms. The Hall–Kier alpha value is -0.320. The van der Waals surface area contributed by atoms with E-state index in [2.05, 4.69) is 34.6 Å². The Balaban J connectivity index is 1.38. The standard InChI is InChI=1S/C33H58O8/c1-16(2)7-10-24(35)17(3)27-25(36)15-23-21-9-8-19-13-20(34)14-26(33(19,6)22(21)11-12-32(23,27)5)41-31-30(39)29(38)28(37)18(4)40-31/h16-31,34-39H,7-15H2,1-6H3/t17-,18+,19+,20-,21-,22+,23+,24?,25+,26-,27+,28+,29-,30-,31+,32+,33+/m1/s1. The van der Waals surface area contributed by atoms with Crippen LogP contribution < -0.4 is 0 Å². The van der Waals surface area contributed by atoms with E-state index in [0.29, 0.717) is 30.1 Å². The van der Waals surface area contributed by atoms with Crippen molar-refractivity contribution in [2.45, 2.75) is 154 Å². The summed E-state index contributed by atoms with van der Waals surface area (Å²) >= 11 is 0. The largest absolute Gasteiger partial charge is 0.393 e. The van der Waals surface area contributed by atoms with Crippen LogP contribution in [0.1, 0.15) is 99.3 Å². The summed E-state index contributed by atoms with van der Waals surface area (Å²) in [6, 6.07) is 0. The van der Waals surface area contributed by atoms with Crippen LogP contribution in [-0.4, -0.2) is 85.8 Å². The topological polar surface area (TPSA) is 140 Å². The van der Waals surface area contributed by atoms with Crippen molar-refractivity contribution in [3.05, 3.63) is 0 Å². The molecule has 4 saturated carbocycles. The van der Waals surface area contributed by atoms with Crippen LogP contribution in [0.25, 0.3) is 0 Å². The fourth-order valence-electron chi connectivity index (χ4n) is 10.8. The number of aliphatic hydroxyl groups excluding tert-OH is 6. The maximum atomic E-state index is 11.5. The molecule has 0 radical (unpaired) electrons. The molecule has 0 aromatic carbocycles. The molecule has 5 rings (SSSR count). The van der Waals surface area contributed by atoms with E-state index < -0.39 is 49.0 Å². The second-order valence-electron chi connectivity index (χ2n) is 15.7. The molecule has 1 saturated heterocycles. The average molecular weight is 583 g/mol. The van der Waals surface area contributed by atoms with Crippen LogP contribution in [0.5, 0.6) is 0 Å². The quantitative estimate of drug-likeness (QED) is 0.269. The first-order valence-electron chi connectivity index (χ1n) is 16.6. The molecule has 8 heteroatoms. The maximum Gasteiger partial charge on any atom is 0.186 e. The van der Waals surface area contributed by atoms with Crippen molar-refractivity contribution < 1.29 is 40.1 Å². The van der Waals surface area contributed by atoms with E-state index in [-0.39, 0.29) is 34.7 Å². The van der Waals surface area contributed by atoms with Gasteiger partial charge in [0.15, 0.2) is 6.29 Å². The highest BCUT2D eigenvalue weighted by Gasteiger charge is 2.65. The van der Waals surface area contributed by atoms with Crippen molar-refractivity contribution in [3.63, 3.8) is 0 Å². The van der Waals surface area contributed by atoms with E-state index >= 15 is 0 Å². The molecular formula is C33H58O8. The second-order valence-corrected chi connectivity index (χ2v) is 15.7. The highest BCUT2D eigenvalue weighted by molar-refractivity contribution is 5.14. The Morgan fingerprint density at radius 2 is 1.56 bits per heavy atom. The molecule has 17 atom stereocenters. The number of aliphatic hydroxyl groups is 6. The zero-order chi connectivity index (χ0) is 30.0. The first kappa shape index (κ1) is 32.1. The molecule has 238 valence electrons. The smallest absolute Gasteiger partial charge is 0.186 e. The summed E-state index contributed by atoms with van der Waals surface area (Å²) in [6.07, 6.45) is 0.408. The summed E-state index contributed by atoms with van der Waals surface area (Å²) < 4.78 is 12.4. The van der Waals surface area contributed by atoms with Gasteiger partial charge in [-0.1, -0.05) is 34.6 Å². The lowest BCUT2D eigenvalue weighted by Crippen LogP contribution is -2.63. The van der Waals surface area contributed by atoms with Gasteiger partial charge in [0.25, 0.3) is 0 Å². The fraction of sp³-hybridized carbons (Fsp3) is 1.00. The molecule has 0 aromatic heterocycles. The Morgan fingerprint density at radius 3 is 2.24 bits per heavy atom. The molecular weight excluding hydrogens is 524 g/mol. The predicted octanol–water partition coefficient (Wildman–Crippen LogP) is 3.23. The summed E-state index contributed by atoms with van der Waals surface area (Å²) in [4.78, 5) is 0. The Kier molecular flexibility index (Phi) is 9.30. The third kappa shape index (κ3) is 5.45. The minimum Gasteiger partial charge on any atom is -0.393 e. The molecule has 5 aliphatic rings. The van der Waals surface area contributed by atoms with E-state index in [9.17, 15) is 30.6 Å². The zero-order valence-electron chi connectivity index (χ0n) is 26.1. The monoisotopic (exact) mass is 582 g/mol. The van der Waals surface area contributed by atoms with E-state index in [1.54, 1.807) is 6.92 Å². The number of hydrogen-bond donors (Lipinski definition) is 6. The van der Waals surface area contributed by atoms with Gasteiger partial charge in [0.05, 0.1) is 30.5 Å². The molecule has 1 heterocycles. The van der Waals surface area contributed by atoms with Gasteiger partial charge in [-0.25, -0.2) is 0 Å². The molecule has 1 unspecified atom stereocenters. The SMILES string of the molecule is CC(C)CCC(O)[C@@H](C)[C@H]1[C@@H](O)C[C@H]2[C@@H]3CC[C@H]4C[C@@H](O)C[C@@H](O[C@@H]5O[C@@H](C)[C@H](O)[C@@H](O)[C@H]5O)[C@]4(C)[C@H]3CC[C@]12C. The molecule has 6 N–H and O–H groups in total. The first-order chi connectivity index (χ1) is 19.2. The molecule has 8 nitrogen and oxygen atoms in total. The van der Waals surface area contributed by atoms with E-state index in [1.807, 2.05) is 0 Å². The molecule has 0 amide bonds. The highest BCUT2D eigenvalue weighted by atomic mass is 16.7. The molecule has 0 bridgehead atoms. The van der Waals surface area contributed by atoms with Crippen LogP contribution in [0.3, 0.4) is 0 Å². The Labute approximate surface area is 246 Å². The van der Waals surface area contributed by atoms with E-state index in [4.69, 9.17) is 9.47 Å². The minimum atomic E-state index is -1.37. The van der Waals surface area contributed by atoms with Gasteiger partial charge in [0.1, 0.15) is 18.3 Å². The second kappa shape index (κ2) is 11.9. The third-order valence-electron chi connectivity index (χ3n) is 13.1. The van der Waals surface area contributed by atoms with Crippen molar-refractivity contribution in [2.24, 2.45) is 52.3 Å². The van der Waals surface area contributed by atoms with Crippen molar-refractivity contribution in [3.8, 4) is 0 Å². The zero-order valence-corrected chi connectivity index (χ0v) is 26.1. The molecule has 0 aromatic rings. The highest BCUT2D eigenvalue weighted by Crippen LogP contribution is 2.68. The lowest BCUT2D eigenvalue weighted by molar-refractivity contribution is -0.328. The van der Waals surface area contributed by atoms with E-state index in [0.717, 1.165) is 51.4 Å². The number of ether oxygens (including phenoxy) is 2. The van der Waals surface area contributed by atoms with Crippen molar-refractivity contribution >= 4 is 0 Å². The van der Waals surface area contributed by atoms with Gasteiger partial charge in [-0.2, -0.15) is 0 Å². The normalized spacial score (nSPS) is 53.3. The number of fused-ring (bicyclic) bond motifs is 5. The van der Waals surface area contributed by atoms with Gasteiger partial charge in [0, 0.05) is 6.42 Å². The fourth-order valence-corrected chi connectivity index (χ4v) is 10.8. The average Bonchev–Trinajstić information content (AvgIpc) is 3.19. The van der Waals surface area contributed by atoms with Gasteiger partial charge < -0.3 is 40.1 Å². The van der Waals surface area contributed by atoms with E-state index in [1.165, 1.54) is 0 Å². The van der Waals surface area contributed by atoms with Crippen LogP contribution in [0.2, 0.25) is 0 Å². The summed E-state index contributed by atoms with van der Waals surface area (Å²) in [5, 5.41) is 64.9. The van der Waals surface area contributed by atoms with Crippen LogP contribution in [0.4, 0.5) is 0 Å². The summed E-state index contributed by atoms with van der Waals surface area (Å²) in [5.74, 6) is 2.05. The molecule has 5 fully saturated rings. The number of rotatable bonds is 7. The predicted molar refractivity (Wildman–Crippen MR) is 154 cm³/mol. The number of hydrogen-bond acceptors (Lipinski definition) is 8. The molecule has 4 aliphatic carbocycles. The van der Waals surface area contributed by atoms with Crippen molar-refractivity contribution in [2.75, 3.05) is 0 Å². The summed E-state index contributed by atoms with van der Waals surface area (Å²) in [7, 11) is 0. The first-order valence-corrected chi connectivity index (χ1v) is 16.6. The van der Waals surface area contributed by atoms with Gasteiger partial charge >= 0.3 is 0 Å². The van der Waals surface area contributed by atoms with Crippen LogP contribution >= 0.6 is 0 Å². The lowest BCUT2D eigenvalue weighted by atomic mass is 9.43. The Morgan fingerprint density at radius 1 is 0.854 bits per heavy atom. The molecule has 41 heavy (non-hydrogen) atoms. The van der Waals surface area contributed by atoms with Crippen LogP contribution in [0, 0.1) is 52.3 Å². The minimum absolute atomic E-state index is 0.0368. The maximum absolute atomic E-state index is 11.5. The van der Waals surface area contributed by atoms with Gasteiger partial charge in [-0.3, -0.25) is 0 Å². The van der Waals surface area contributed by atoms with Gasteiger partial charge in [-0.05, 0) is 111 Å². The lowest BCUT2D eigenvalue weighted by Gasteiger charge is -2.63. The van der Waals surface area contributed by atoms with Crippen molar-refractivity contribution in [1.82, 2.24) is 0 Å².